The van der Waals surface area contributed by atoms with Gasteiger partial charge in [-0.25, -0.2) is 26.2 Å². The van der Waals surface area contributed by atoms with Crippen molar-refractivity contribution >= 4 is 70.8 Å². The van der Waals surface area contributed by atoms with Gasteiger partial charge in [-0.1, -0.05) is 12.1 Å². The van der Waals surface area contributed by atoms with Crippen molar-refractivity contribution in [1.29, 1.82) is 0 Å². The van der Waals surface area contributed by atoms with E-state index >= 15 is 4.39 Å². The summed E-state index contributed by atoms with van der Waals surface area (Å²) in [5.41, 5.74) is 1.55. The van der Waals surface area contributed by atoms with Crippen LogP contribution in [0, 0.1) is 9.39 Å². The van der Waals surface area contributed by atoms with Gasteiger partial charge in [-0.15, -0.1) is 0 Å². The van der Waals surface area contributed by atoms with E-state index in [0.29, 0.717) is 31.4 Å². The van der Waals surface area contributed by atoms with Crippen LogP contribution in [0.1, 0.15) is 15.9 Å². The summed E-state index contributed by atoms with van der Waals surface area (Å²) in [6, 6.07) is 11.0. The molecule has 2 aromatic heterocycles. The molecule has 0 amide bonds. The third kappa shape index (κ3) is 5.62. The first-order valence-electron chi connectivity index (χ1n) is 9.88. The number of nitrogens with one attached hydrogen (secondary N) is 3. The van der Waals surface area contributed by atoms with Crippen molar-refractivity contribution < 1.29 is 26.0 Å². The minimum atomic E-state index is -3.76. The van der Waals surface area contributed by atoms with Crippen LogP contribution in [-0.4, -0.2) is 45.1 Å². The number of pyridine rings is 1. The highest BCUT2D eigenvalue weighted by Crippen LogP contribution is 2.31. The zero-order chi connectivity index (χ0) is 25.5. The molecule has 0 bridgehead atoms. The maximum absolute atomic E-state index is 15.2. The molecule has 4 rings (SSSR count). The topological polar surface area (TPSA) is 138 Å². The van der Waals surface area contributed by atoms with Crippen molar-refractivity contribution in [3.05, 3.63) is 75.4 Å². The molecule has 4 aromatic rings. The van der Waals surface area contributed by atoms with Crippen molar-refractivity contribution in [3.8, 4) is 11.1 Å². The van der Waals surface area contributed by atoms with Crippen LogP contribution in [0.25, 0.3) is 22.2 Å². The number of benzene rings is 2. The number of anilines is 2. The lowest BCUT2D eigenvalue weighted by atomic mass is 10.00. The Morgan fingerprint density at radius 2 is 1.71 bits per heavy atom. The van der Waals surface area contributed by atoms with Crippen LogP contribution in [0.15, 0.2) is 54.9 Å². The number of aromatic nitrogens is 2. The number of fused-ring (bicyclic) bond motifs is 1. The van der Waals surface area contributed by atoms with E-state index in [2.05, 4.69) is 19.4 Å². The van der Waals surface area contributed by atoms with Crippen molar-refractivity contribution in [2.24, 2.45) is 0 Å². The highest BCUT2D eigenvalue weighted by molar-refractivity contribution is 14.1. The number of sulfonamides is 2. The largest absolute Gasteiger partial charge is 0.345 e. The number of hydrogen-bond donors (Lipinski definition) is 3. The Labute approximate surface area is 214 Å². The van der Waals surface area contributed by atoms with E-state index in [1.807, 2.05) is 22.6 Å². The summed E-state index contributed by atoms with van der Waals surface area (Å²) >= 11 is 1.81. The van der Waals surface area contributed by atoms with E-state index in [1.54, 1.807) is 36.5 Å². The second kappa shape index (κ2) is 9.20. The summed E-state index contributed by atoms with van der Waals surface area (Å²) < 4.78 is 66.3. The van der Waals surface area contributed by atoms with E-state index in [-0.39, 0.29) is 16.8 Å². The van der Waals surface area contributed by atoms with Gasteiger partial charge in [0.05, 0.1) is 23.8 Å². The number of halogens is 2. The first-order chi connectivity index (χ1) is 16.3. The van der Waals surface area contributed by atoms with Gasteiger partial charge in [-0.3, -0.25) is 14.2 Å². The van der Waals surface area contributed by atoms with Gasteiger partial charge >= 0.3 is 0 Å². The zero-order valence-electron chi connectivity index (χ0n) is 18.3. The fraction of sp³-hybridized carbons (Fsp3) is 0.0909. The molecular weight excluding hydrogens is 610 g/mol. The van der Waals surface area contributed by atoms with Crippen LogP contribution in [0.3, 0.4) is 0 Å². The number of aromatic amines is 1. The van der Waals surface area contributed by atoms with Gasteiger partial charge in [0.15, 0.2) is 11.6 Å². The Balaban J connectivity index is 1.79. The molecule has 0 atom stereocenters. The van der Waals surface area contributed by atoms with E-state index in [0.717, 1.165) is 12.5 Å². The molecular formula is C22H18FIN4O5S2. The maximum atomic E-state index is 15.2. The summed E-state index contributed by atoms with van der Waals surface area (Å²) in [6.07, 6.45) is 4.91. The third-order valence-corrected chi connectivity index (χ3v) is 6.98. The number of ketones is 1. The quantitative estimate of drug-likeness (QED) is 0.210. The molecule has 182 valence electrons. The van der Waals surface area contributed by atoms with E-state index in [4.69, 9.17) is 0 Å². The molecule has 0 saturated heterocycles. The number of nitrogens with zero attached hydrogens (tertiary/aromatic N) is 1. The average molecular weight is 628 g/mol. The molecule has 0 saturated carbocycles. The summed E-state index contributed by atoms with van der Waals surface area (Å²) in [5, 5.41) is 0.422. The molecule has 13 heteroatoms. The second-order valence-electron chi connectivity index (χ2n) is 7.76. The monoisotopic (exact) mass is 628 g/mol. The molecule has 0 spiro atoms. The molecule has 3 N–H and O–H groups in total. The van der Waals surface area contributed by atoms with Gasteiger partial charge in [0.25, 0.3) is 0 Å². The van der Waals surface area contributed by atoms with Gasteiger partial charge in [0, 0.05) is 38.2 Å². The summed E-state index contributed by atoms with van der Waals surface area (Å²) in [6.45, 7) is 0. The van der Waals surface area contributed by atoms with Crippen molar-refractivity contribution in [2.75, 3.05) is 22.0 Å². The molecule has 0 aliphatic rings. The lowest BCUT2D eigenvalue weighted by Crippen LogP contribution is -2.14. The molecule has 2 aromatic carbocycles. The van der Waals surface area contributed by atoms with Gasteiger partial charge in [0.2, 0.25) is 20.0 Å². The predicted octanol–water partition coefficient (Wildman–Crippen LogP) is 3.95. The fourth-order valence-electron chi connectivity index (χ4n) is 3.50. The van der Waals surface area contributed by atoms with E-state index < -0.39 is 31.6 Å². The van der Waals surface area contributed by atoms with Gasteiger partial charge in [-0.05, 0) is 58.5 Å². The van der Waals surface area contributed by atoms with Crippen molar-refractivity contribution in [1.82, 2.24) is 9.97 Å². The Morgan fingerprint density at radius 3 is 2.40 bits per heavy atom. The number of H-pyrrole nitrogens is 1. The van der Waals surface area contributed by atoms with Crippen LogP contribution in [-0.2, 0) is 20.0 Å². The number of carbonyl (C=O) groups is 1. The Morgan fingerprint density at radius 1 is 1.00 bits per heavy atom. The van der Waals surface area contributed by atoms with E-state index in [9.17, 15) is 21.6 Å². The minimum absolute atomic E-state index is 0.146. The van der Waals surface area contributed by atoms with Crippen molar-refractivity contribution in [2.45, 2.75) is 0 Å². The standard InChI is InChI=1S/C22H18FIN4O5S2/c1-34(30,31)27-14-5-3-4-12(8-14)13-9-15-16(11-26-22(15)25-10-13)21(29)19-17(24)6-7-18(20(19)23)28-35(2,32)33/h3-11,27-28H,1-2H3,(H,25,26). The molecule has 0 unspecified atom stereocenters. The molecule has 2 heterocycles. The minimum Gasteiger partial charge on any atom is -0.345 e. The van der Waals surface area contributed by atoms with E-state index in [1.165, 1.54) is 18.3 Å². The predicted molar refractivity (Wildman–Crippen MR) is 141 cm³/mol. The van der Waals surface area contributed by atoms with Crippen LogP contribution in [0.5, 0.6) is 0 Å². The smallest absolute Gasteiger partial charge is 0.229 e. The fourth-order valence-corrected chi connectivity index (χ4v) is 5.27. The highest BCUT2D eigenvalue weighted by Gasteiger charge is 2.24. The summed E-state index contributed by atoms with van der Waals surface area (Å²) in [7, 11) is -7.23. The third-order valence-electron chi connectivity index (χ3n) is 4.89. The first kappa shape index (κ1) is 25.1. The van der Waals surface area contributed by atoms with Crippen LogP contribution >= 0.6 is 22.6 Å². The number of carbonyl (C=O) groups excluding carboxylic acids is 1. The summed E-state index contributed by atoms with van der Waals surface area (Å²) in [5.74, 6) is -1.63. The molecule has 0 fully saturated rings. The molecule has 0 aliphatic carbocycles. The lowest BCUT2D eigenvalue weighted by Gasteiger charge is -2.11. The molecule has 9 nitrogen and oxygen atoms in total. The molecule has 35 heavy (non-hydrogen) atoms. The van der Waals surface area contributed by atoms with Gasteiger partial charge in [-0.2, -0.15) is 0 Å². The highest BCUT2D eigenvalue weighted by atomic mass is 127. The van der Waals surface area contributed by atoms with Crippen LogP contribution < -0.4 is 9.44 Å². The maximum Gasteiger partial charge on any atom is 0.229 e. The van der Waals surface area contributed by atoms with Gasteiger partial charge in [0.1, 0.15) is 5.65 Å². The Hall–Kier alpha value is -3.04. The number of hydrogen-bond acceptors (Lipinski definition) is 6. The Kier molecular flexibility index (Phi) is 6.59. The van der Waals surface area contributed by atoms with Crippen LogP contribution in [0.2, 0.25) is 0 Å². The lowest BCUT2D eigenvalue weighted by molar-refractivity contribution is 0.103. The molecule has 0 aliphatic heterocycles. The first-order valence-corrected chi connectivity index (χ1v) is 14.7. The normalized spacial score (nSPS) is 12.0. The average Bonchev–Trinajstić information content (AvgIpc) is 3.17. The second-order valence-corrected chi connectivity index (χ2v) is 12.4. The van der Waals surface area contributed by atoms with Crippen molar-refractivity contribution in [3.63, 3.8) is 0 Å². The van der Waals surface area contributed by atoms with Gasteiger partial charge < -0.3 is 4.98 Å². The molecule has 0 radical (unpaired) electrons. The zero-order valence-corrected chi connectivity index (χ0v) is 22.0. The number of rotatable bonds is 7. The SMILES string of the molecule is CS(=O)(=O)Nc1cccc(-c2cnc3[nH]cc(C(=O)c4c(I)ccc(NS(C)(=O)=O)c4F)c3c2)c1. The Bertz CT molecular complexity index is 1700. The summed E-state index contributed by atoms with van der Waals surface area (Å²) in [4.78, 5) is 20.6. The van der Waals surface area contributed by atoms with Crippen LogP contribution in [0.4, 0.5) is 15.8 Å².